The van der Waals surface area contributed by atoms with Gasteiger partial charge in [0.25, 0.3) is 0 Å². The lowest BCUT2D eigenvalue weighted by Gasteiger charge is -2.41. The number of nitrogens with zero attached hydrogens (tertiary/aromatic N) is 1. The Labute approximate surface area is 145 Å². The van der Waals surface area contributed by atoms with Gasteiger partial charge in [0.1, 0.15) is 5.84 Å². The van der Waals surface area contributed by atoms with E-state index < -0.39 is 0 Å². The highest BCUT2D eigenvalue weighted by molar-refractivity contribution is 6.09. The van der Waals surface area contributed by atoms with Crippen LogP contribution in [0, 0.1) is 0 Å². The number of hydrogen-bond donors (Lipinski definition) is 2. The third-order valence-corrected chi connectivity index (χ3v) is 5.60. The smallest absolute Gasteiger partial charge is 0.127 e. The van der Waals surface area contributed by atoms with Gasteiger partial charge in [-0.15, -0.1) is 12.4 Å². The molecule has 2 fully saturated rings. The summed E-state index contributed by atoms with van der Waals surface area (Å²) >= 11 is 0. The predicted molar refractivity (Wildman–Crippen MR) is 101 cm³/mol. The van der Waals surface area contributed by atoms with Crippen LogP contribution in [0.4, 0.5) is 11.4 Å². The minimum Gasteiger partial charge on any atom is -0.371 e. The van der Waals surface area contributed by atoms with Crippen LogP contribution in [0.15, 0.2) is 29.3 Å². The molecule has 2 saturated carbocycles. The molecule has 4 rings (SSSR count). The average molecular weight is 334 g/mol. The van der Waals surface area contributed by atoms with Crippen molar-refractivity contribution in [2.45, 2.75) is 75.8 Å². The number of aliphatic imine (C=N–C) groups is 1. The van der Waals surface area contributed by atoms with E-state index in [9.17, 15) is 0 Å². The van der Waals surface area contributed by atoms with Crippen molar-refractivity contribution in [1.82, 2.24) is 0 Å². The van der Waals surface area contributed by atoms with E-state index in [0.717, 1.165) is 0 Å². The Hall–Kier alpha value is -1.22. The van der Waals surface area contributed by atoms with Crippen LogP contribution in [0.3, 0.4) is 0 Å². The molecule has 1 spiro atoms. The monoisotopic (exact) mass is 333 g/mol. The van der Waals surface area contributed by atoms with Crippen molar-refractivity contribution in [2.75, 3.05) is 10.6 Å². The van der Waals surface area contributed by atoms with E-state index >= 15 is 0 Å². The van der Waals surface area contributed by atoms with Gasteiger partial charge in [0.05, 0.1) is 23.0 Å². The molecule has 3 nitrogen and oxygen atoms in total. The average Bonchev–Trinajstić information content (AvgIpc) is 2.94. The van der Waals surface area contributed by atoms with Gasteiger partial charge in [-0.2, -0.15) is 0 Å². The molecule has 0 bridgehead atoms. The van der Waals surface area contributed by atoms with E-state index in [0.29, 0.717) is 6.04 Å². The summed E-state index contributed by atoms with van der Waals surface area (Å²) in [6.07, 6.45) is 13.0. The Balaban J connectivity index is 0.00000156. The van der Waals surface area contributed by atoms with Gasteiger partial charge >= 0.3 is 0 Å². The fraction of sp³-hybridized carbons (Fsp3) is 0.632. The summed E-state index contributed by atoms with van der Waals surface area (Å²) in [6, 6.07) is 9.12. The van der Waals surface area contributed by atoms with E-state index in [1.165, 1.54) is 81.4 Å². The predicted octanol–water partition coefficient (Wildman–Crippen LogP) is 5.38. The molecule has 3 aliphatic rings. The molecule has 1 heterocycles. The maximum atomic E-state index is 5.20. The van der Waals surface area contributed by atoms with Crippen molar-refractivity contribution in [3.63, 3.8) is 0 Å². The second-order valence-corrected chi connectivity index (χ2v) is 7.21. The third kappa shape index (κ3) is 3.35. The maximum Gasteiger partial charge on any atom is 0.127 e. The standard InChI is InChI=1S/C19H27N3.ClH/c1-2-8-14-19(13-7-1)18(20-15-9-3-4-10-15)21-16-11-5-6-12-17(16)22-19;/h5-6,11-12,15,22H,1-4,7-10,13-14H2,(H,20,21);1H. The van der Waals surface area contributed by atoms with Crippen LogP contribution in [0.2, 0.25) is 0 Å². The van der Waals surface area contributed by atoms with E-state index in [4.69, 9.17) is 4.99 Å². The van der Waals surface area contributed by atoms with Gasteiger partial charge in [0.15, 0.2) is 0 Å². The second-order valence-electron chi connectivity index (χ2n) is 7.21. The SMILES string of the molecule is Cl.c1ccc2c(c1)NC(=NC1CCCC1)C1(CCCCCC1)N2. The maximum absolute atomic E-state index is 5.20. The lowest BCUT2D eigenvalue weighted by atomic mass is 9.86. The molecule has 0 radical (unpaired) electrons. The summed E-state index contributed by atoms with van der Waals surface area (Å²) in [4.78, 5) is 5.20. The van der Waals surface area contributed by atoms with E-state index in [-0.39, 0.29) is 17.9 Å². The first-order valence-electron chi connectivity index (χ1n) is 9.08. The molecule has 0 saturated heterocycles. The molecule has 0 unspecified atom stereocenters. The molecular weight excluding hydrogens is 306 g/mol. The van der Waals surface area contributed by atoms with Gasteiger partial charge in [0.2, 0.25) is 0 Å². The zero-order valence-corrected chi connectivity index (χ0v) is 14.6. The number of hydrogen-bond acceptors (Lipinski definition) is 2. The molecule has 2 N–H and O–H groups in total. The summed E-state index contributed by atoms with van der Waals surface area (Å²) in [5, 5.41) is 7.58. The number of amidine groups is 1. The van der Waals surface area contributed by atoms with Gasteiger partial charge in [-0.05, 0) is 37.8 Å². The highest BCUT2D eigenvalue weighted by Gasteiger charge is 2.40. The summed E-state index contributed by atoms with van der Waals surface area (Å²) in [6.45, 7) is 0. The Morgan fingerprint density at radius 3 is 2.22 bits per heavy atom. The van der Waals surface area contributed by atoms with Crippen LogP contribution in [-0.4, -0.2) is 17.4 Å². The minimum absolute atomic E-state index is 0. The number of rotatable bonds is 1. The van der Waals surface area contributed by atoms with Crippen LogP contribution in [0.5, 0.6) is 0 Å². The number of nitrogens with one attached hydrogen (secondary N) is 2. The van der Waals surface area contributed by atoms with Crippen LogP contribution in [-0.2, 0) is 0 Å². The zero-order chi connectivity index (χ0) is 14.8. The van der Waals surface area contributed by atoms with Gasteiger partial charge in [-0.3, -0.25) is 4.99 Å². The lowest BCUT2D eigenvalue weighted by molar-refractivity contribution is 0.519. The summed E-state index contributed by atoms with van der Waals surface area (Å²) in [5.74, 6) is 1.22. The molecule has 1 aromatic rings. The molecule has 0 aromatic heterocycles. The largest absolute Gasteiger partial charge is 0.371 e. The lowest BCUT2D eigenvalue weighted by Crippen LogP contribution is -2.52. The van der Waals surface area contributed by atoms with Gasteiger partial charge < -0.3 is 10.6 Å². The van der Waals surface area contributed by atoms with Crippen molar-refractivity contribution in [3.8, 4) is 0 Å². The molecule has 0 atom stereocenters. The summed E-state index contributed by atoms with van der Waals surface area (Å²) in [7, 11) is 0. The van der Waals surface area contributed by atoms with Crippen LogP contribution in [0.1, 0.15) is 64.2 Å². The quantitative estimate of drug-likeness (QED) is 0.723. The van der Waals surface area contributed by atoms with Crippen molar-refractivity contribution < 1.29 is 0 Å². The summed E-state index contributed by atoms with van der Waals surface area (Å²) < 4.78 is 0. The summed E-state index contributed by atoms with van der Waals surface area (Å²) in [5.41, 5.74) is 2.48. The number of anilines is 2. The van der Waals surface area contributed by atoms with Crippen LogP contribution >= 0.6 is 12.4 Å². The number of benzene rings is 1. The van der Waals surface area contributed by atoms with Crippen molar-refractivity contribution in [1.29, 1.82) is 0 Å². The molecule has 23 heavy (non-hydrogen) atoms. The molecule has 2 aliphatic carbocycles. The van der Waals surface area contributed by atoms with Gasteiger partial charge in [0, 0.05) is 0 Å². The molecule has 126 valence electrons. The first-order chi connectivity index (χ1) is 10.9. The molecule has 1 aliphatic heterocycles. The number of para-hydroxylation sites is 2. The van der Waals surface area contributed by atoms with Crippen LogP contribution in [0.25, 0.3) is 0 Å². The van der Waals surface area contributed by atoms with E-state index in [2.05, 4.69) is 34.9 Å². The highest BCUT2D eigenvalue weighted by Crippen LogP contribution is 2.39. The molecule has 1 aromatic carbocycles. The highest BCUT2D eigenvalue weighted by atomic mass is 35.5. The van der Waals surface area contributed by atoms with Crippen LogP contribution < -0.4 is 10.6 Å². The van der Waals surface area contributed by atoms with E-state index in [1.807, 2.05) is 0 Å². The fourth-order valence-electron chi connectivity index (χ4n) is 4.33. The molecular formula is C19H28ClN3. The van der Waals surface area contributed by atoms with Gasteiger partial charge in [-0.25, -0.2) is 0 Å². The Morgan fingerprint density at radius 1 is 0.870 bits per heavy atom. The first-order valence-corrected chi connectivity index (χ1v) is 9.08. The Bertz CT molecular complexity index is 555. The number of halogens is 1. The zero-order valence-electron chi connectivity index (χ0n) is 13.8. The fourth-order valence-corrected chi connectivity index (χ4v) is 4.33. The molecule has 0 amide bonds. The normalized spacial score (nSPS) is 25.1. The van der Waals surface area contributed by atoms with Crippen molar-refractivity contribution in [3.05, 3.63) is 24.3 Å². The minimum atomic E-state index is 0. The Kier molecular flexibility index (Phi) is 5.15. The third-order valence-electron chi connectivity index (χ3n) is 5.60. The number of fused-ring (bicyclic) bond motifs is 1. The second kappa shape index (κ2) is 7.12. The van der Waals surface area contributed by atoms with Gasteiger partial charge in [-0.1, -0.05) is 50.7 Å². The van der Waals surface area contributed by atoms with Crippen molar-refractivity contribution >= 4 is 29.6 Å². The van der Waals surface area contributed by atoms with Crippen molar-refractivity contribution in [2.24, 2.45) is 4.99 Å². The van der Waals surface area contributed by atoms with E-state index in [1.54, 1.807) is 0 Å². The molecule has 4 heteroatoms. The Morgan fingerprint density at radius 2 is 1.52 bits per heavy atom. The first kappa shape index (κ1) is 16.6. The topological polar surface area (TPSA) is 36.4 Å².